The van der Waals surface area contributed by atoms with Crippen LogP contribution in [-0.2, 0) is 0 Å². The number of oxazole rings is 1. The third-order valence-electron chi connectivity index (χ3n) is 2.97. The average Bonchev–Trinajstić information content (AvgIpc) is 2.56. The highest BCUT2D eigenvalue weighted by molar-refractivity contribution is 7.99. The summed E-state index contributed by atoms with van der Waals surface area (Å²) in [6.07, 6.45) is 7.44. The lowest BCUT2D eigenvalue weighted by Gasteiger charge is -2.16. The topological polar surface area (TPSA) is 49.8 Å². The normalized spacial score (nSPS) is 26.0. The van der Waals surface area contributed by atoms with Gasteiger partial charge in [-0.1, -0.05) is 31.0 Å². The quantitative estimate of drug-likeness (QED) is 0.737. The molecule has 0 amide bonds. The van der Waals surface area contributed by atoms with Crippen LogP contribution in [0.3, 0.4) is 0 Å². The van der Waals surface area contributed by atoms with E-state index in [2.05, 4.69) is 11.1 Å². The summed E-state index contributed by atoms with van der Waals surface area (Å²) < 4.78 is 5.34. The molecule has 1 aliphatic rings. The fourth-order valence-corrected chi connectivity index (χ4v) is 3.28. The zero-order valence-corrected chi connectivity index (χ0v) is 10.3. The Kier molecular flexibility index (Phi) is 3.89. The van der Waals surface area contributed by atoms with Crippen molar-refractivity contribution in [2.45, 2.75) is 49.5 Å². The van der Waals surface area contributed by atoms with Crippen molar-refractivity contribution in [1.29, 1.82) is 5.26 Å². The first-order valence-corrected chi connectivity index (χ1v) is 6.66. The largest absolute Gasteiger partial charge is 0.440 e. The van der Waals surface area contributed by atoms with Gasteiger partial charge in [-0.15, -0.1) is 0 Å². The van der Waals surface area contributed by atoms with Gasteiger partial charge in [0.15, 0.2) is 0 Å². The van der Waals surface area contributed by atoms with Crippen molar-refractivity contribution in [2.24, 2.45) is 5.92 Å². The van der Waals surface area contributed by atoms with E-state index >= 15 is 0 Å². The molecule has 1 aromatic rings. The van der Waals surface area contributed by atoms with Gasteiger partial charge >= 0.3 is 0 Å². The standard InChI is InChI=1S/C12H16N2OS/c1-9-8-15-12(14-9)16-11-6-4-2-3-5-10(11)7-13/h8,10-11H,2-6H2,1H3. The molecule has 0 spiro atoms. The SMILES string of the molecule is Cc1coc(SC2CCCCCC2C#N)n1. The molecule has 0 bridgehead atoms. The second-order valence-corrected chi connectivity index (χ2v) is 5.48. The molecule has 1 aliphatic carbocycles. The van der Waals surface area contributed by atoms with Crippen LogP contribution in [-0.4, -0.2) is 10.2 Å². The number of hydrogen-bond acceptors (Lipinski definition) is 4. The molecule has 1 heterocycles. The molecule has 0 saturated heterocycles. The van der Waals surface area contributed by atoms with Crippen LogP contribution in [0.2, 0.25) is 0 Å². The number of aryl methyl sites for hydroxylation is 1. The molecule has 2 rings (SSSR count). The molecule has 1 aromatic heterocycles. The van der Waals surface area contributed by atoms with E-state index in [-0.39, 0.29) is 5.92 Å². The van der Waals surface area contributed by atoms with E-state index in [0.29, 0.717) is 10.5 Å². The molecular formula is C12H16N2OS. The number of hydrogen-bond donors (Lipinski definition) is 0. The lowest BCUT2D eigenvalue weighted by Crippen LogP contribution is -2.13. The van der Waals surface area contributed by atoms with Crippen molar-refractivity contribution in [3.05, 3.63) is 12.0 Å². The van der Waals surface area contributed by atoms with Gasteiger partial charge < -0.3 is 4.42 Å². The monoisotopic (exact) mass is 236 g/mol. The van der Waals surface area contributed by atoms with E-state index in [1.807, 2.05) is 6.92 Å². The predicted molar refractivity (Wildman–Crippen MR) is 63.1 cm³/mol. The smallest absolute Gasteiger partial charge is 0.256 e. The Bertz CT molecular complexity index is 383. The van der Waals surface area contributed by atoms with E-state index in [9.17, 15) is 0 Å². The molecule has 2 unspecified atom stereocenters. The first kappa shape index (κ1) is 11.5. The molecule has 16 heavy (non-hydrogen) atoms. The van der Waals surface area contributed by atoms with Crippen LogP contribution in [0, 0.1) is 24.2 Å². The maximum Gasteiger partial charge on any atom is 0.256 e. The van der Waals surface area contributed by atoms with Gasteiger partial charge in [0.2, 0.25) is 0 Å². The van der Waals surface area contributed by atoms with Crippen molar-refractivity contribution in [2.75, 3.05) is 0 Å². The first-order chi connectivity index (χ1) is 7.79. The molecule has 3 nitrogen and oxygen atoms in total. The zero-order valence-electron chi connectivity index (χ0n) is 9.48. The second kappa shape index (κ2) is 5.40. The van der Waals surface area contributed by atoms with Gasteiger partial charge in [0.1, 0.15) is 6.26 Å². The number of nitrogens with zero attached hydrogens (tertiary/aromatic N) is 2. The number of thioether (sulfide) groups is 1. The van der Waals surface area contributed by atoms with E-state index < -0.39 is 0 Å². The minimum atomic E-state index is 0.153. The molecular weight excluding hydrogens is 220 g/mol. The summed E-state index contributed by atoms with van der Waals surface area (Å²) in [4.78, 5) is 4.29. The Labute approximate surface area is 100 Å². The van der Waals surface area contributed by atoms with Gasteiger partial charge in [-0.25, -0.2) is 4.98 Å². The molecule has 4 heteroatoms. The van der Waals surface area contributed by atoms with E-state index in [1.165, 1.54) is 19.3 Å². The summed E-state index contributed by atoms with van der Waals surface area (Å²) in [6.45, 7) is 1.92. The van der Waals surface area contributed by atoms with Crippen LogP contribution in [0.25, 0.3) is 0 Å². The zero-order chi connectivity index (χ0) is 11.4. The molecule has 0 aromatic carbocycles. The summed E-state index contributed by atoms with van der Waals surface area (Å²) in [5.74, 6) is 0.153. The molecule has 1 fully saturated rings. The maximum atomic E-state index is 9.16. The fraction of sp³-hybridized carbons (Fsp3) is 0.667. The Hall–Kier alpha value is -0.950. The van der Waals surface area contributed by atoms with Crippen LogP contribution in [0.4, 0.5) is 0 Å². The number of nitriles is 1. The predicted octanol–water partition coefficient (Wildman–Crippen LogP) is 3.55. The highest BCUT2D eigenvalue weighted by Crippen LogP contribution is 2.35. The molecule has 0 N–H and O–H groups in total. The maximum absolute atomic E-state index is 9.16. The van der Waals surface area contributed by atoms with Crippen LogP contribution in [0.15, 0.2) is 15.9 Å². The van der Waals surface area contributed by atoms with Crippen molar-refractivity contribution < 1.29 is 4.42 Å². The highest BCUT2D eigenvalue weighted by atomic mass is 32.2. The van der Waals surface area contributed by atoms with Crippen molar-refractivity contribution in [1.82, 2.24) is 4.98 Å². The van der Waals surface area contributed by atoms with Crippen LogP contribution < -0.4 is 0 Å². The van der Waals surface area contributed by atoms with Crippen LogP contribution >= 0.6 is 11.8 Å². The highest BCUT2D eigenvalue weighted by Gasteiger charge is 2.25. The van der Waals surface area contributed by atoms with E-state index in [4.69, 9.17) is 9.68 Å². The third kappa shape index (κ3) is 2.79. The lowest BCUT2D eigenvalue weighted by molar-refractivity contribution is 0.450. The Morgan fingerprint density at radius 1 is 1.44 bits per heavy atom. The second-order valence-electron chi connectivity index (χ2n) is 4.28. The summed E-state index contributed by atoms with van der Waals surface area (Å²) in [5.41, 5.74) is 0.907. The van der Waals surface area contributed by atoms with Crippen molar-refractivity contribution in [3.63, 3.8) is 0 Å². The van der Waals surface area contributed by atoms with Gasteiger partial charge in [-0.05, 0) is 19.8 Å². The Morgan fingerprint density at radius 3 is 2.94 bits per heavy atom. The van der Waals surface area contributed by atoms with Crippen molar-refractivity contribution >= 4 is 11.8 Å². The third-order valence-corrected chi connectivity index (χ3v) is 4.22. The molecule has 86 valence electrons. The van der Waals surface area contributed by atoms with Gasteiger partial charge in [-0.2, -0.15) is 5.26 Å². The lowest BCUT2D eigenvalue weighted by atomic mass is 10.0. The van der Waals surface area contributed by atoms with Crippen LogP contribution in [0.5, 0.6) is 0 Å². The minimum Gasteiger partial charge on any atom is -0.440 e. The summed E-state index contributed by atoms with van der Waals surface area (Å²) in [7, 11) is 0. The van der Waals surface area contributed by atoms with Crippen LogP contribution in [0.1, 0.15) is 37.8 Å². The minimum absolute atomic E-state index is 0.153. The Balaban J connectivity index is 2.03. The van der Waals surface area contributed by atoms with Gasteiger partial charge in [0, 0.05) is 5.25 Å². The molecule has 0 aliphatic heterocycles. The molecule has 1 saturated carbocycles. The fourth-order valence-electron chi connectivity index (χ4n) is 2.08. The molecule has 2 atom stereocenters. The molecule has 0 radical (unpaired) electrons. The number of rotatable bonds is 2. The van der Waals surface area contributed by atoms with Gasteiger partial charge in [-0.3, -0.25) is 0 Å². The number of aromatic nitrogens is 1. The van der Waals surface area contributed by atoms with Gasteiger partial charge in [0.25, 0.3) is 5.22 Å². The van der Waals surface area contributed by atoms with Crippen molar-refractivity contribution in [3.8, 4) is 6.07 Å². The average molecular weight is 236 g/mol. The summed E-state index contributed by atoms with van der Waals surface area (Å²) in [6, 6.07) is 2.43. The summed E-state index contributed by atoms with van der Waals surface area (Å²) >= 11 is 1.63. The van der Waals surface area contributed by atoms with Gasteiger partial charge in [0.05, 0.1) is 17.7 Å². The summed E-state index contributed by atoms with van der Waals surface area (Å²) in [5, 5.41) is 10.2. The van der Waals surface area contributed by atoms with E-state index in [0.717, 1.165) is 18.5 Å². The van der Waals surface area contributed by atoms with E-state index in [1.54, 1.807) is 18.0 Å². The Morgan fingerprint density at radius 2 is 2.25 bits per heavy atom. The first-order valence-electron chi connectivity index (χ1n) is 5.78.